The first-order chi connectivity index (χ1) is 23.2. The van der Waals surface area contributed by atoms with E-state index in [4.69, 9.17) is 18.9 Å². The van der Waals surface area contributed by atoms with Crippen LogP contribution in [0.5, 0.6) is 5.75 Å². The number of imidazole rings is 1. The fraction of sp³-hybridized carbons (Fsp3) is 0.472. The highest BCUT2D eigenvalue weighted by atomic mass is 16.6. The number of anilines is 1. The minimum Gasteiger partial charge on any atom is -0.494 e. The fourth-order valence-corrected chi connectivity index (χ4v) is 4.49. The van der Waals surface area contributed by atoms with Crippen molar-refractivity contribution in [2.75, 3.05) is 25.1 Å². The molecule has 2 unspecified atom stereocenters. The molecule has 0 spiro atoms. The quantitative estimate of drug-likeness (QED) is 0.129. The predicted molar refractivity (Wildman–Crippen MR) is 184 cm³/mol. The lowest BCUT2D eigenvalue weighted by Gasteiger charge is -2.29. The number of alkyl carbamates (subject to hydrolysis) is 1. The molecule has 3 rings (SSSR count). The molecule has 0 bridgehead atoms. The second kappa shape index (κ2) is 18.0. The molecule has 2 aromatic carbocycles. The maximum Gasteiger partial charge on any atom is 0.408 e. The summed E-state index contributed by atoms with van der Waals surface area (Å²) in [6.07, 6.45) is 4.08. The van der Waals surface area contributed by atoms with Gasteiger partial charge in [-0.25, -0.2) is 14.6 Å². The van der Waals surface area contributed by atoms with Crippen molar-refractivity contribution in [3.8, 4) is 5.75 Å². The van der Waals surface area contributed by atoms with E-state index in [9.17, 15) is 19.2 Å². The molecule has 3 N–H and O–H groups in total. The van der Waals surface area contributed by atoms with Crippen molar-refractivity contribution in [2.24, 2.45) is 0 Å². The van der Waals surface area contributed by atoms with Crippen LogP contribution in [0.2, 0.25) is 0 Å². The van der Waals surface area contributed by atoms with Crippen molar-refractivity contribution in [3.05, 3.63) is 78.2 Å². The van der Waals surface area contributed by atoms with Crippen molar-refractivity contribution < 1.29 is 38.1 Å². The Labute approximate surface area is 288 Å². The molecule has 2 atom stereocenters. The molecule has 0 radical (unpaired) electrons. The molecule has 0 saturated carbocycles. The number of carbonyl (C=O) groups is 4. The number of unbranched alkanes of at least 4 members (excludes halogenated alkanes) is 1. The maximum absolute atomic E-state index is 13.6. The van der Waals surface area contributed by atoms with E-state index in [1.165, 1.54) is 30.9 Å². The van der Waals surface area contributed by atoms with Crippen LogP contribution in [0.4, 0.5) is 10.6 Å². The van der Waals surface area contributed by atoms with Gasteiger partial charge in [0.25, 0.3) is 5.91 Å². The van der Waals surface area contributed by atoms with Crippen molar-refractivity contribution in [2.45, 2.75) is 91.1 Å². The molecular weight excluding hydrogens is 630 g/mol. The maximum atomic E-state index is 13.6. The molecule has 49 heavy (non-hydrogen) atoms. The third kappa shape index (κ3) is 12.6. The van der Waals surface area contributed by atoms with E-state index in [0.29, 0.717) is 17.9 Å². The first-order valence-corrected chi connectivity index (χ1v) is 16.4. The summed E-state index contributed by atoms with van der Waals surface area (Å²) in [6, 6.07) is 14.4. The number of aromatic nitrogens is 2. The third-order valence-electron chi connectivity index (χ3n) is 7.02. The highest BCUT2D eigenvalue weighted by Crippen LogP contribution is 2.24. The Morgan fingerprint density at radius 1 is 0.939 bits per heavy atom. The van der Waals surface area contributed by atoms with Gasteiger partial charge < -0.3 is 39.5 Å². The average molecular weight is 680 g/mol. The number of hydrogen-bond acceptors (Lipinski definition) is 9. The highest BCUT2D eigenvalue weighted by molar-refractivity contribution is 5.98. The zero-order chi connectivity index (χ0) is 36.0. The van der Waals surface area contributed by atoms with Crippen LogP contribution in [0.25, 0.3) is 0 Å². The molecule has 3 amide bonds. The number of hydrogen-bond donors (Lipinski definition) is 3. The van der Waals surface area contributed by atoms with E-state index in [-0.39, 0.29) is 25.6 Å². The van der Waals surface area contributed by atoms with Gasteiger partial charge in [0.15, 0.2) is 11.9 Å². The molecule has 3 aromatic rings. The van der Waals surface area contributed by atoms with Gasteiger partial charge in [-0.05, 0) is 71.2 Å². The van der Waals surface area contributed by atoms with Crippen LogP contribution >= 0.6 is 0 Å². The van der Waals surface area contributed by atoms with Crippen LogP contribution in [-0.4, -0.2) is 70.4 Å². The van der Waals surface area contributed by atoms with Crippen LogP contribution in [0.1, 0.15) is 78.5 Å². The van der Waals surface area contributed by atoms with Gasteiger partial charge in [0.2, 0.25) is 5.91 Å². The Morgan fingerprint density at radius 3 is 2.27 bits per heavy atom. The van der Waals surface area contributed by atoms with Gasteiger partial charge in [0.1, 0.15) is 22.9 Å². The minimum atomic E-state index is -1.44. The third-order valence-corrected chi connectivity index (χ3v) is 7.02. The number of esters is 1. The number of nitrogens with one attached hydrogen (secondary N) is 3. The van der Waals surface area contributed by atoms with Gasteiger partial charge in [-0.2, -0.15) is 0 Å². The van der Waals surface area contributed by atoms with Gasteiger partial charge >= 0.3 is 12.1 Å². The summed E-state index contributed by atoms with van der Waals surface area (Å²) in [6.45, 7) is 12.7. The minimum absolute atomic E-state index is 0.132. The monoisotopic (exact) mass is 679 g/mol. The zero-order valence-corrected chi connectivity index (χ0v) is 29.4. The van der Waals surface area contributed by atoms with Gasteiger partial charge in [-0.1, -0.05) is 55.8 Å². The van der Waals surface area contributed by atoms with E-state index in [0.717, 1.165) is 18.4 Å². The Kier molecular flexibility index (Phi) is 14.2. The standard InChI is InChI=1S/C36H49N5O8/c1-8-10-20-48-27-18-16-26(17-19-27)30(32(43)47-9-2)41-21-29(37-24-41)39-31(42)28(23-46-22-25-14-12-11-13-15-25)38-33(44)36(6,7)40-34(45)49-35(3,4)5/h11-19,21,24,28,30H,8-10,20,22-23H2,1-7H3,(H,38,44)(H,39,42)(H,40,45). The summed E-state index contributed by atoms with van der Waals surface area (Å²) < 4.78 is 23.8. The summed E-state index contributed by atoms with van der Waals surface area (Å²) in [5.74, 6) is -0.952. The second-order valence-electron chi connectivity index (χ2n) is 12.9. The Morgan fingerprint density at radius 2 is 1.63 bits per heavy atom. The first kappa shape index (κ1) is 38.5. The summed E-state index contributed by atoms with van der Waals surface area (Å²) >= 11 is 0. The van der Waals surface area contributed by atoms with Crippen LogP contribution < -0.4 is 20.7 Å². The van der Waals surface area contributed by atoms with Crippen molar-refractivity contribution in [3.63, 3.8) is 0 Å². The molecule has 0 aliphatic heterocycles. The molecule has 0 fully saturated rings. The molecule has 13 heteroatoms. The van der Waals surface area contributed by atoms with Gasteiger partial charge in [0.05, 0.1) is 32.8 Å². The van der Waals surface area contributed by atoms with Crippen molar-refractivity contribution >= 4 is 29.7 Å². The zero-order valence-electron chi connectivity index (χ0n) is 29.4. The molecule has 13 nitrogen and oxygen atoms in total. The SMILES string of the molecule is CCCCOc1ccc(C(C(=O)OCC)n2cnc(NC(=O)C(COCc3ccccc3)NC(=O)C(C)(C)NC(=O)OC(C)(C)C)c2)cc1. The van der Waals surface area contributed by atoms with Crippen LogP contribution in [0.3, 0.4) is 0 Å². The number of ether oxygens (including phenoxy) is 4. The summed E-state index contributed by atoms with van der Waals surface area (Å²) in [7, 11) is 0. The fourth-order valence-electron chi connectivity index (χ4n) is 4.49. The molecule has 0 saturated heterocycles. The van der Waals surface area contributed by atoms with E-state index < -0.39 is 47.1 Å². The number of carbonyl (C=O) groups excluding carboxylic acids is 4. The Balaban J connectivity index is 1.78. The smallest absolute Gasteiger partial charge is 0.408 e. The average Bonchev–Trinajstić information content (AvgIpc) is 3.48. The summed E-state index contributed by atoms with van der Waals surface area (Å²) in [5, 5.41) is 7.93. The van der Waals surface area contributed by atoms with E-state index in [2.05, 4.69) is 27.9 Å². The van der Waals surface area contributed by atoms with Crippen molar-refractivity contribution in [1.82, 2.24) is 20.2 Å². The lowest BCUT2D eigenvalue weighted by Crippen LogP contribution is -2.59. The summed E-state index contributed by atoms with van der Waals surface area (Å²) in [5.41, 5.74) is -0.697. The first-order valence-electron chi connectivity index (χ1n) is 16.4. The van der Waals surface area contributed by atoms with Crippen LogP contribution in [-0.2, 0) is 35.2 Å². The largest absolute Gasteiger partial charge is 0.494 e. The molecule has 0 aliphatic rings. The molecular formula is C36H49N5O8. The highest BCUT2D eigenvalue weighted by Gasteiger charge is 2.35. The van der Waals surface area contributed by atoms with E-state index >= 15 is 0 Å². The van der Waals surface area contributed by atoms with E-state index in [1.807, 2.05) is 30.3 Å². The van der Waals surface area contributed by atoms with Gasteiger partial charge in [-0.15, -0.1) is 0 Å². The lowest BCUT2D eigenvalue weighted by atomic mass is 10.0. The topological polar surface area (TPSA) is 159 Å². The summed E-state index contributed by atoms with van der Waals surface area (Å²) in [4.78, 5) is 56.7. The Bertz CT molecular complexity index is 1520. The van der Waals surface area contributed by atoms with Gasteiger partial charge in [-0.3, -0.25) is 9.59 Å². The Hall–Kier alpha value is -4.91. The normalized spacial score (nSPS) is 12.7. The number of amides is 3. The molecule has 266 valence electrons. The number of nitrogens with zero attached hydrogens (tertiary/aromatic N) is 2. The lowest BCUT2D eigenvalue weighted by molar-refractivity contribution is -0.145. The second-order valence-corrected chi connectivity index (χ2v) is 12.9. The van der Waals surface area contributed by atoms with Crippen LogP contribution in [0, 0.1) is 0 Å². The molecule has 1 aromatic heterocycles. The predicted octanol–water partition coefficient (Wildman–Crippen LogP) is 5.16. The number of rotatable bonds is 17. The van der Waals surface area contributed by atoms with E-state index in [1.54, 1.807) is 52.0 Å². The number of benzene rings is 2. The van der Waals surface area contributed by atoms with Crippen LogP contribution in [0.15, 0.2) is 67.1 Å². The molecule has 0 aliphatic carbocycles. The molecule has 1 heterocycles. The van der Waals surface area contributed by atoms with Gasteiger partial charge in [0, 0.05) is 6.20 Å². The van der Waals surface area contributed by atoms with Crippen molar-refractivity contribution in [1.29, 1.82) is 0 Å².